The second-order valence-electron chi connectivity index (χ2n) is 4.86. The molecule has 1 atom stereocenters. The number of rotatable bonds is 6. The van der Waals surface area contributed by atoms with Crippen LogP contribution in [0.3, 0.4) is 0 Å². The zero-order chi connectivity index (χ0) is 13.8. The van der Waals surface area contributed by atoms with Crippen LogP contribution in [0.25, 0.3) is 0 Å². The molecule has 7 heteroatoms. The molecular formula is C11H22N2O2S3. The molecule has 0 heterocycles. The Morgan fingerprint density at radius 2 is 2.00 bits per heavy atom. The van der Waals surface area contributed by atoms with Crippen LogP contribution in [-0.2, 0) is 10.0 Å². The van der Waals surface area contributed by atoms with Crippen molar-refractivity contribution in [1.29, 1.82) is 0 Å². The summed E-state index contributed by atoms with van der Waals surface area (Å²) in [6.45, 7) is 2.00. The Morgan fingerprint density at radius 1 is 1.44 bits per heavy atom. The number of hydrogen-bond donors (Lipinski definition) is 2. The van der Waals surface area contributed by atoms with E-state index in [1.54, 1.807) is 11.8 Å². The van der Waals surface area contributed by atoms with E-state index < -0.39 is 15.3 Å². The zero-order valence-corrected chi connectivity index (χ0v) is 13.4. The molecule has 0 saturated heterocycles. The highest BCUT2D eigenvalue weighted by Gasteiger charge is 2.33. The summed E-state index contributed by atoms with van der Waals surface area (Å²) in [6.07, 6.45) is 7.78. The number of nitrogens with one attached hydrogen (secondary N) is 1. The Kier molecular flexibility index (Phi) is 5.89. The van der Waals surface area contributed by atoms with Gasteiger partial charge in [-0.3, -0.25) is 0 Å². The first-order valence-corrected chi connectivity index (χ1v) is 9.34. The largest absolute Gasteiger partial charge is 0.392 e. The molecule has 0 aliphatic heterocycles. The predicted molar refractivity (Wildman–Crippen MR) is 82.5 cm³/mol. The molecule has 3 N–H and O–H groups in total. The van der Waals surface area contributed by atoms with Gasteiger partial charge in [-0.15, -0.1) is 0 Å². The Morgan fingerprint density at radius 3 is 2.44 bits per heavy atom. The van der Waals surface area contributed by atoms with Gasteiger partial charge in [-0.25, -0.2) is 13.1 Å². The third-order valence-corrected chi connectivity index (χ3v) is 7.31. The lowest BCUT2D eigenvalue weighted by molar-refractivity contribution is 0.394. The molecule has 0 radical (unpaired) electrons. The second-order valence-corrected chi connectivity index (χ2v) is 8.69. The Labute approximate surface area is 120 Å². The highest BCUT2D eigenvalue weighted by atomic mass is 32.2. The summed E-state index contributed by atoms with van der Waals surface area (Å²) in [5.41, 5.74) is 5.40. The number of thiocarbonyl (C=S) groups is 1. The first-order valence-electron chi connectivity index (χ1n) is 6.16. The molecule has 1 saturated carbocycles. The lowest BCUT2D eigenvalue weighted by atomic mass is 9.88. The van der Waals surface area contributed by atoms with Crippen molar-refractivity contribution in [2.75, 3.05) is 12.8 Å². The van der Waals surface area contributed by atoms with Crippen LogP contribution in [0.5, 0.6) is 0 Å². The molecule has 0 bridgehead atoms. The topological polar surface area (TPSA) is 72.2 Å². The summed E-state index contributed by atoms with van der Waals surface area (Å²) in [5, 5.41) is -0.810. The van der Waals surface area contributed by atoms with Gasteiger partial charge in [0.15, 0.2) is 0 Å². The van der Waals surface area contributed by atoms with Gasteiger partial charge in [0.25, 0.3) is 0 Å². The van der Waals surface area contributed by atoms with Crippen LogP contribution >= 0.6 is 24.0 Å². The molecular weight excluding hydrogens is 288 g/mol. The van der Waals surface area contributed by atoms with Crippen LogP contribution in [0.15, 0.2) is 0 Å². The average Bonchev–Trinajstić information content (AvgIpc) is 2.36. The van der Waals surface area contributed by atoms with Crippen molar-refractivity contribution in [2.45, 2.75) is 49.0 Å². The van der Waals surface area contributed by atoms with Crippen molar-refractivity contribution in [2.24, 2.45) is 5.73 Å². The number of hydrogen-bond acceptors (Lipinski definition) is 4. The minimum Gasteiger partial charge on any atom is -0.392 e. The monoisotopic (exact) mass is 310 g/mol. The SMILES string of the molecule is CSC1(CNS(=O)(=O)C(C)C(N)=S)CCCCC1. The molecule has 0 amide bonds. The maximum absolute atomic E-state index is 12.0. The summed E-state index contributed by atoms with van der Waals surface area (Å²) in [6, 6.07) is 0. The minimum atomic E-state index is -3.44. The van der Waals surface area contributed by atoms with Gasteiger partial charge in [0, 0.05) is 11.3 Å². The van der Waals surface area contributed by atoms with Crippen LogP contribution in [0.2, 0.25) is 0 Å². The highest BCUT2D eigenvalue weighted by molar-refractivity contribution is 8.00. The number of nitrogens with two attached hydrogens (primary N) is 1. The lowest BCUT2D eigenvalue weighted by Gasteiger charge is -2.36. The minimum absolute atomic E-state index is 0.0179. The van der Waals surface area contributed by atoms with E-state index >= 15 is 0 Å². The van der Waals surface area contributed by atoms with Gasteiger partial charge < -0.3 is 5.73 Å². The van der Waals surface area contributed by atoms with Gasteiger partial charge >= 0.3 is 0 Å². The van der Waals surface area contributed by atoms with Crippen molar-refractivity contribution in [1.82, 2.24) is 4.72 Å². The van der Waals surface area contributed by atoms with Crippen LogP contribution < -0.4 is 10.5 Å². The maximum Gasteiger partial charge on any atom is 0.220 e. The lowest BCUT2D eigenvalue weighted by Crippen LogP contribution is -2.46. The van der Waals surface area contributed by atoms with E-state index in [2.05, 4.69) is 11.0 Å². The molecule has 1 aliphatic rings. The highest BCUT2D eigenvalue weighted by Crippen LogP contribution is 2.38. The standard InChI is InChI=1S/C11H22N2O2S3/c1-9(10(12)16)18(14,15)13-8-11(17-2)6-4-3-5-7-11/h9,13H,3-8H2,1-2H3,(H2,12,16). The Balaban J connectivity index is 2.65. The molecule has 0 spiro atoms. The maximum atomic E-state index is 12.0. The van der Waals surface area contributed by atoms with E-state index in [9.17, 15) is 8.42 Å². The van der Waals surface area contributed by atoms with E-state index in [1.807, 2.05) is 0 Å². The van der Waals surface area contributed by atoms with Gasteiger partial charge in [-0.2, -0.15) is 11.8 Å². The van der Waals surface area contributed by atoms with Crippen LogP contribution in [0.4, 0.5) is 0 Å². The van der Waals surface area contributed by atoms with Crippen LogP contribution in [0.1, 0.15) is 39.0 Å². The molecule has 1 aliphatic carbocycles. The van der Waals surface area contributed by atoms with E-state index in [0.717, 1.165) is 12.8 Å². The van der Waals surface area contributed by atoms with Crippen molar-refractivity contribution in [3.05, 3.63) is 0 Å². The molecule has 18 heavy (non-hydrogen) atoms. The summed E-state index contributed by atoms with van der Waals surface area (Å²) in [4.78, 5) is 0.0179. The van der Waals surface area contributed by atoms with Crippen LogP contribution in [0, 0.1) is 0 Å². The summed E-state index contributed by atoms with van der Waals surface area (Å²) in [5.74, 6) is 0. The Bertz CT molecular complexity index is 389. The number of thioether (sulfide) groups is 1. The van der Waals surface area contributed by atoms with E-state index in [4.69, 9.17) is 18.0 Å². The van der Waals surface area contributed by atoms with Crippen molar-refractivity contribution in [3.8, 4) is 0 Å². The van der Waals surface area contributed by atoms with Gasteiger partial charge in [0.05, 0.1) is 4.99 Å². The normalized spacial score (nSPS) is 21.4. The average molecular weight is 311 g/mol. The summed E-state index contributed by atoms with van der Waals surface area (Å²) >= 11 is 6.51. The zero-order valence-electron chi connectivity index (χ0n) is 10.9. The third-order valence-electron chi connectivity index (χ3n) is 3.66. The van der Waals surface area contributed by atoms with Gasteiger partial charge in [-0.1, -0.05) is 31.5 Å². The molecule has 4 nitrogen and oxygen atoms in total. The van der Waals surface area contributed by atoms with E-state index in [0.29, 0.717) is 6.54 Å². The molecule has 1 rings (SSSR count). The predicted octanol–water partition coefficient (Wildman–Crippen LogP) is 1.65. The van der Waals surface area contributed by atoms with Gasteiger partial charge in [-0.05, 0) is 26.0 Å². The third kappa shape index (κ3) is 4.08. The van der Waals surface area contributed by atoms with E-state index in [-0.39, 0.29) is 9.74 Å². The fourth-order valence-corrected chi connectivity index (χ4v) is 4.58. The van der Waals surface area contributed by atoms with Crippen LogP contribution in [-0.4, -0.2) is 36.2 Å². The molecule has 1 fully saturated rings. The first-order chi connectivity index (χ1) is 8.33. The molecule has 0 aromatic rings. The number of sulfonamides is 1. The molecule has 0 aromatic carbocycles. The molecule has 1 unspecified atom stereocenters. The summed E-state index contributed by atoms with van der Waals surface area (Å²) in [7, 11) is -3.44. The summed E-state index contributed by atoms with van der Waals surface area (Å²) < 4.78 is 26.7. The van der Waals surface area contributed by atoms with Crippen molar-refractivity contribution >= 4 is 39.0 Å². The molecule has 106 valence electrons. The van der Waals surface area contributed by atoms with E-state index in [1.165, 1.54) is 26.2 Å². The van der Waals surface area contributed by atoms with Crippen molar-refractivity contribution < 1.29 is 8.42 Å². The second kappa shape index (κ2) is 6.54. The van der Waals surface area contributed by atoms with Gasteiger partial charge in [0.2, 0.25) is 10.0 Å². The Hall–Kier alpha value is 0.150. The quantitative estimate of drug-likeness (QED) is 0.730. The smallest absolute Gasteiger partial charge is 0.220 e. The van der Waals surface area contributed by atoms with Crippen molar-refractivity contribution in [3.63, 3.8) is 0 Å². The molecule has 0 aromatic heterocycles. The van der Waals surface area contributed by atoms with Gasteiger partial charge in [0.1, 0.15) is 5.25 Å². The fraction of sp³-hybridized carbons (Fsp3) is 0.909. The first kappa shape index (κ1) is 16.2. The fourth-order valence-electron chi connectivity index (χ4n) is 2.16.